The molecule has 1 aliphatic rings. The van der Waals surface area contributed by atoms with Gasteiger partial charge in [-0.25, -0.2) is 18.7 Å². The molecule has 5 rings (SSSR count). The molecular weight excluding hydrogens is 520 g/mol. The maximum atomic E-state index is 14.5. The van der Waals surface area contributed by atoms with E-state index in [-0.39, 0.29) is 29.2 Å². The standard InChI is InChI=1S/C28H31F2N7O3/c1-19-14-25(38-2)27(30)22(26(19)29)18-40-21-16-32-28(33-17-21)35-20-4-5-23(36-10-7-31-8-11-36)24(15-20)39-13-12-37-9-3-6-34-37/h3-6,9,14-17,31H,7-8,10-13,18H2,1-2H3,(H,32,33,35). The van der Waals surface area contributed by atoms with Gasteiger partial charge < -0.3 is 29.7 Å². The lowest BCUT2D eigenvalue weighted by molar-refractivity contribution is 0.285. The van der Waals surface area contributed by atoms with Gasteiger partial charge in [0.1, 0.15) is 24.8 Å². The predicted molar refractivity (Wildman–Crippen MR) is 147 cm³/mol. The van der Waals surface area contributed by atoms with E-state index < -0.39 is 11.6 Å². The molecule has 1 fully saturated rings. The molecular formula is C28H31F2N7O3. The molecule has 0 saturated carbocycles. The quantitative estimate of drug-likeness (QED) is 0.286. The zero-order valence-electron chi connectivity index (χ0n) is 22.4. The summed E-state index contributed by atoms with van der Waals surface area (Å²) in [6.07, 6.45) is 6.51. The molecule has 40 heavy (non-hydrogen) atoms. The van der Waals surface area contributed by atoms with Gasteiger partial charge in [0.2, 0.25) is 5.95 Å². The monoisotopic (exact) mass is 551 g/mol. The van der Waals surface area contributed by atoms with Gasteiger partial charge in [-0.05, 0) is 36.8 Å². The Hall–Kier alpha value is -4.45. The van der Waals surface area contributed by atoms with Gasteiger partial charge in [0, 0.05) is 50.3 Å². The highest BCUT2D eigenvalue weighted by Gasteiger charge is 2.19. The number of hydrogen-bond donors (Lipinski definition) is 2. The second-order valence-electron chi connectivity index (χ2n) is 9.20. The molecule has 0 atom stereocenters. The molecule has 1 aliphatic heterocycles. The summed E-state index contributed by atoms with van der Waals surface area (Å²) < 4.78 is 47.6. The molecule has 1 saturated heterocycles. The van der Waals surface area contributed by atoms with Crippen molar-refractivity contribution in [2.45, 2.75) is 20.1 Å². The van der Waals surface area contributed by atoms with E-state index in [0.29, 0.717) is 19.1 Å². The van der Waals surface area contributed by atoms with E-state index in [1.165, 1.54) is 32.5 Å². The number of methoxy groups -OCH3 is 1. The van der Waals surface area contributed by atoms with Gasteiger partial charge in [0.05, 0.1) is 37.3 Å². The normalized spacial score (nSPS) is 13.2. The van der Waals surface area contributed by atoms with Crippen molar-refractivity contribution < 1.29 is 23.0 Å². The van der Waals surface area contributed by atoms with E-state index >= 15 is 0 Å². The van der Waals surface area contributed by atoms with Gasteiger partial charge in [-0.15, -0.1) is 0 Å². The number of nitrogens with one attached hydrogen (secondary N) is 2. The van der Waals surface area contributed by atoms with Crippen molar-refractivity contribution in [3.05, 3.63) is 77.9 Å². The largest absolute Gasteiger partial charge is 0.494 e. The number of benzene rings is 2. The summed E-state index contributed by atoms with van der Waals surface area (Å²) in [6.45, 7) is 5.87. The second-order valence-corrected chi connectivity index (χ2v) is 9.20. The fourth-order valence-corrected chi connectivity index (χ4v) is 4.38. The fourth-order valence-electron chi connectivity index (χ4n) is 4.38. The van der Waals surface area contributed by atoms with Crippen LogP contribution in [0, 0.1) is 18.6 Å². The lowest BCUT2D eigenvalue weighted by atomic mass is 10.1. The van der Waals surface area contributed by atoms with Crippen LogP contribution in [0.25, 0.3) is 0 Å². The van der Waals surface area contributed by atoms with Gasteiger partial charge in [0.15, 0.2) is 17.3 Å². The molecule has 12 heteroatoms. The first-order chi connectivity index (χ1) is 19.5. The van der Waals surface area contributed by atoms with Crippen LogP contribution in [0.1, 0.15) is 11.1 Å². The average Bonchev–Trinajstić information content (AvgIpc) is 3.50. The SMILES string of the molecule is COc1cc(C)c(F)c(COc2cnc(Nc3ccc(N4CCNCC4)c(OCCn4cccn4)c3)nc2)c1F. The van der Waals surface area contributed by atoms with Crippen LogP contribution in [0.15, 0.2) is 55.1 Å². The highest BCUT2D eigenvalue weighted by atomic mass is 19.1. The highest BCUT2D eigenvalue weighted by molar-refractivity contribution is 5.67. The fraction of sp³-hybridized carbons (Fsp3) is 0.321. The predicted octanol–water partition coefficient (Wildman–Crippen LogP) is 4.08. The van der Waals surface area contributed by atoms with Gasteiger partial charge in [-0.3, -0.25) is 4.68 Å². The number of hydrogen-bond acceptors (Lipinski definition) is 9. The Kier molecular flexibility index (Phi) is 8.55. The van der Waals surface area contributed by atoms with Crippen LogP contribution in [0.4, 0.5) is 26.1 Å². The summed E-state index contributed by atoms with van der Waals surface area (Å²) in [5, 5.41) is 10.8. The zero-order valence-corrected chi connectivity index (χ0v) is 22.4. The molecule has 0 unspecified atom stereocenters. The maximum Gasteiger partial charge on any atom is 0.227 e. The summed E-state index contributed by atoms with van der Waals surface area (Å²) in [5.41, 5.74) is 1.81. The third kappa shape index (κ3) is 6.40. The molecule has 0 radical (unpaired) electrons. The number of aromatic nitrogens is 4. The summed E-state index contributed by atoms with van der Waals surface area (Å²) in [4.78, 5) is 10.9. The van der Waals surface area contributed by atoms with Gasteiger partial charge in [0.25, 0.3) is 0 Å². The third-order valence-electron chi connectivity index (χ3n) is 6.48. The minimum Gasteiger partial charge on any atom is -0.494 e. The van der Waals surface area contributed by atoms with Crippen LogP contribution in [-0.4, -0.2) is 59.6 Å². The molecule has 2 aromatic heterocycles. The van der Waals surface area contributed by atoms with Crippen LogP contribution in [0.5, 0.6) is 17.2 Å². The first kappa shape index (κ1) is 27.1. The molecule has 0 bridgehead atoms. The molecule has 3 heterocycles. The number of anilines is 3. The van der Waals surface area contributed by atoms with Crippen molar-refractivity contribution >= 4 is 17.3 Å². The maximum absolute atomic E-state index is 14.5. The second kappa shape index (κ2) is 12.6. The summed E-state index contributed by atoms with van der Waals surface area (Å²) in [6, 6.07) is 9.08. The molecule has 0 amide bonds. The number of rotatable bonds is 11. The van der Waals surface area contributed by atoms with Crippen molar-refractivity contribution in [3.8, 4) is 17.2 Å². The summed E-state index contributed by atoms with van der Waals surface area (Å²) in [7, 11) is 1.33. The van der Waals surface area contributed by atoms with Crippen LogP contribution < -0.4 is 29.7 Å². The summed E-state index contributed by atoms with van der Waals surface area (Å²) in [5.74, 6) is -0.167. The Morgan fingerprint density at radius 1 is 1.02 bits per heavy atom. The van der Waals surface area contributed by atoms with Gasteiger partial charge in [-0.1, -0.05) is 0 Å². The van der Waals surface area contributed by atoms with Gasteiger partial charge in [-0.2, -0.15) is 5.10 Å². The first-order valence-electron chi connectivity index (χ1n) is 12.9. The number of ether oxygens (including phenoxy) is 3. The third-order valence-corrected chi connectivity index (χ3v) is 6.48. The number of nitrogens with zero attached hydrogens (tertiary/aromatic N) is 5. The van der Waals surface area contributed by atoms with E-state index in [9.17, 15) is 8.78 Å². The average molecular weight is 552 g/mol. The van der Waals surface area contributed by atoms with Crippen molar-refractivity contribution in [3.63, 3.8) is 0 Å². The molecule has 0 spiro atoms. The van der Waals surface area contributed by atoms with E-state index in [1.54, 1.807) is 6.20 Å². The smallest absolute Gasteiger partial charge is 0.227 e. The Labute approximate surface area is 230 Å². The molecule has 2 aromatic carbocycles. The lowest BCUT2D eigenvalue weighted by Crippen LogP contribution is -2.43. The van der Waals surface area contributed by atoms with Crippen LogP contribution in [0.3, 0.4) is 0 Å². The Balaban J connectivity index is 1.26. The minimum absolute atomic E-state index is 0.0407. The van der Waals surface area contributed by atoms with Crippen molar-refractivity contribution in [1.29, 1.82) is 0 Å². The number of halogens is 2. The van der Waals surface area contributed by atoms with E-state index in [2.05, 4.69) is 30.6 Å². The highest BCUT2D eigenvalue weighted by Crippen LogP contribution is 2.33. The minimum atomic E-state index is -0.795. The van der Waals surface area contributed by atoms with E-state index in [1.807, 2.05) is 35.1 Å². The topological polar surface area (TPSA) is 98.6 Å². The van der Waals surface area contributed by atoms with Crippen LogP contribution >= 0.6 is 0 Å². The van der Waals surface area contributed by atoms with Crippen molar-refractivity contribution in [2.75, 3.05) is 50.1 Å². The zero-order chi connectivity index (χ0) is 27.9. The van der Waals surface area contributed by atoms with Gasteiger partial charge >= 0.3 is 0 Å². The molecule has 210 valence electrons. The molecule has 4 aromatic rings. The Morgan fingerprint density at radius 3 is 2.55 bits per heavy atom. The van der Waals surface area contributed by atoms with Crippen LogP contribution in [-0.2, 0) is 13.2 Å². The van der Waals surface area contributed by atoms with Crippen LogP contribution in [0.2, 0.25) is 0 Å². The van der Waals surface area contributed by atoms with E-state index in [4.69, 9.17) is 14.2 Å². The Bertz CT molecular complexity index is 1410. The summed E-state index contributed by atoms with van der Waals surface area (Å²) >= 11 is 0. The lowest BCUT2D eigenvalue weighted by Gasteiger charge is -2.31. The Morgan fingerprint density at radius 2 is 1.82 bits per heavy atom. The van der Waals surface area contributed by atoms with Crippen molar-refractivity contribution in [1.82, 2.24) is 25.1 Å². The number of aryl methyl sites for hydroxylation is 1. The molecule has 2 N–H and O–H groups in total. The first-order valence-corrected chi connectivity index (χ1v) is 12.9. The van der Waals surface area contributed by atoms with E-state index in [0.717, 1.165) is 43.3 Å². The van der Waals surface area contributed by atoms with Crippen molar-refractivity contribution in [2.24, 2.45) is 0 Å². The molecule has 10 nitrogen and oxygen atoms in total. The molecule has 0 aliphatic carbocycles. The number of piperazine rings is 1.